The molecule has 1 aromatic heterocycles. The summed E-state index contributed by atoms with van der Waals surface area (Å²) in [6.45, 7) is 14.2. The van der Waals surface area contributed by atoms with E-state index < -0.39 is 6.10 Å². The van der Waals surface area contributed by atoms with E-state index >= 15 is 0 Å². The second kappa shape index (κ2) is 11.1. The molecule has 0 amide bonds. The van der Waals surface area contributed by atoms with E-state index in [0.29, 0.717) is 25.7 Å². The first-order valence-electron chi connectivity index (χ1n) is 9.77. The summed E-state index contributed by atoms with van der Waals surface area (Å²) in [7, 11) is 0. The molecule has 0 fully saturated rings. The van der Waals surface area contributed by atoms with Crippen LogP contribution in [-0.4, -0.2) is 47.0 Å². The zero-order valence-corrected chi connectivity index (χ0v) is 17.0. The van der Waals surface area contributed by atoms with Crippen LogP contribution >= 0.6 is 0 Å². The van der Waals surface area contributed by atoms with Crippen LogP contribution in [0.15, 0.2) is 55.3 Å². The summed E-state index contributed by atoms with van der Waals surface area (Å²) in [6, 6.07) is 12.8. The first kappa shape index (κ1) is 21.4. The van der Waals surface area contributed by atoms with Gasteiger partial charge in [0.1, 0.15) is 0 Å². The Kier molecular flexibility index (Phi) is 8.79. The number of aliphatic hydroxyl groups is 1. The lowest BCUT2D eigenvalue weighted by atomic mass is 10.1. The zero-order chi connectivity index (χ0) is 19.6. The number of nitrogens with zero attached hydrogens (tertiary/aromatic N) is 2. The van der Waals surface area contributed by atoms with Crippen molar-refractivity contribution in [1.82, 2.24) is 9.47 Å². The van der Waals surface area contributed by atoms with Crippen LogP contribution in [0.5, 0.6) is 0 Å². The minimum Gasteiger partial charge on any atom is -0.389 e. The Bertz CT molecular complexity index is 693. The average Bonchev–Trinajstić information content (AvgIpc) is 3.03. The van der Waals surface area contributed by atoms with Gasteiger partial charge >= 0.3 is 0 Å². The van der Waals surface area contributed by atoms with Crippen molar-refractivity contribution in [2.45, 2.75) is 40.0 Å². The minimum atomic E-state index is -0.497. The summed E-state index contributed by atoms with van der Waals surface area (Å²) in [4.78, 5) is 2.32. The van der Waals surface area contributed by atoms with Crippen LogP contribution in [0.3, 0.4) is 0 Å². The Labute approximate surface area is 164 Å². The molecule has 0 aliphatic rings. The summed E-state index contributed by atoms with van der Waals surface area (Å²) in [5.74, 6) is 0.533. The highest BCUT2D eigenvalue weighted by Crippen LogP contribution is 2.14. The van der Waals surface area contributed by atoms with Gasteiger partial charge in [-0.3, -0.25) is 4.90 Å². The Morgan fingerprint density at radius 1 is 1.19 bits per heavy atom. The van der Waals surface area contributed by atoms with Gasteiger partial charge in [-0.05, 0) is 36.1 Å². The van der Waals surface area contributed by atoms with Crippen molar-refractivity contribution < 1.29 is 9.84 Å². The third-order valence-electron chi connectivity index (χ3n) is 4.55. The molecule has 0 aliphatic heterocycles. The summed E-state index contributed by atoms with van der Waals surface area (Å²) in [6.07, 6.45) is 3.35. The lowest BCUT2D eigenvalue weighted by molar-refractivity contribution is 0.0219. The highest BCUT2D eigenvalue weighted by atomic mass is 16.5. The van der Waals surface area contributed by atoms with Crippen molar-refractivity contribution >= 4 is 0 Å². The van der Waals surface area contributed by atoms with Gasteiger partial charge in [0.05, 0.1) is 19.3 Å². The third kappa shape index (κ3) is 7.33. The molecule has 148 valence electrons. The molecule has 2 aromatic rings. The highest BCUT2D eigenvalue weighted by Gasteiger charge is 2.15. The predicted molar refractivity (Wildman–Crippen MR) is 112 cm³/mol. The molecule has 1 N–H and O–H groups in total. The van der Waals surface area contributed by atoms with Gasteiger partial charge < -0.3 is 14.4 Å². The van der Waals surface area contributed by atoms with Crippen LogP contribution in [0.2, 0.25) is 0 Å². The number of benzene rings is 1. The smallest absolute Gasteiger partial charge is 0.0900 e. The van der Waals surface area contributed by atoms with Crippen LogP contribution in [0, 0.1) is 12.8 Å². The van der Waals surface area contributed by atoms with E-state index in [9.17, 15) is 5.11 Å². The second-order valence-electron chi connectivity index (χ2n) is 7.62. The first-order valence-corrected chi connectivity index (χ1v) is 9.77. The predicted octanol–water partition coefficient (Wildman–Crippen LogP) is 3.87. The van der Waals surface area contributed by atoms with Crippen molar-refractivity contribution in [2.24, 2.45) is 5.92 Å². The van der Waals surface area contributed by atoms with Gasteiger partial charge in [-0.2, -0.15) is 0 Å². The van der Waals surface area contributed by atoms with Gasteiger partial charge in [-0.15, -0.1) is 6.58 Å². The molecule has 4 heteroatoms. The number of hydrogen-bond acceptors (Lipinski definition) is 3. The monoisotopic (exact) mass is 370 g/mol. The molecular weight excluding hydrogens is 336 g/mol. The Hall–Kier alpha value is -1.88. The molecule has 1 unspecified atom stereocenters. The lowest BCUT2D eigenvalue weighted by Gasteiger charge is -2.27. The van der Waals surface area contributed by atoms with Gasteiger partial charge in [0.2, 0.25) is 0 Å². The molecule has 1 aromatic carbocycles. The van der Waals surface area contributed by atoms with E-state index in [1.165, 1.54) is 16.8 Å². The zero-order valence-electron chi connectivity index (χ0n) is 17.0. The normalized spacial score (nSPS) is 12.7. The Balaban J connectivity index is 2.03. The quantitative estimate of drug-likeness (QED) is 0.455. The second-order valence-corrected chi connectivity index (χ2v) is 7.62. The summed E-state index contributed by atoms with van der Waals surface area (Å²) in [5.41, 5.74) is 3.91. The minimum absolute atomic E-state index is 0.338. The van der Waals surface area contributed by atoms with Gasteiger partial charge in [0.15, 0.2) is 0 Å². The van der Waals surface area contributed by atoms with E-state index in [0.717, 1.165) is 19.6 Å². The number of ether oxygens (including phenoxy) is 1. The molecule has 0 saturated carbocycles. The van der Waals surface area contributed by atoms with Gasteiger partial charge in [-0.25, -0.2) is 0 Å². The van der Waals surface area contributed by atoms with Crippen molar-refractivity contribution in [2.75, 3.05) is 26.3 Å². The molecule has 1 atom stereocenters. The summed E-state index contributed by atoms with van der Waals surface area (Å²) >= 11 is 0. The van der Waals surface area contributed by atoms with Crippen molar-refractivity contribution in [3.05, 3.63) is 72.1 Å². The third-order valence-corrected chi connectivity index (χ3v) is 4.55. The maximum absolute atomic E-state index is 10.3. The maximum Gasteiger partial charge on any atom is 0.0900 e. The van der Waals surface area contributed by atoms with Gasteiger partial charge in [0.25, 0.3) is 0 Å². The fraction of sp³-hybridized carbons (Fsp3) is 0.478. The van der Waals surface area contributed by atoms with E-state index in [1.54, 1.807) is 6.08 Å². The Morgan fingerprint density at radius 2 is 1.96 bits per heavy atom. The van der Waals surface area contributed by atoms with Crippen LogP contribution < -0.4 is 0 Å². The Morgan fingerprint density at radius 3 is 2.67 bits per heavy atom. The number of rotatable bonds is 12. The van der Waals surface area contributed by atoms with Crippen LogP contribution in [-0.2, 0) is 17.8 Å². The first-order chi connectivity index (χ1) is 13.0. The van der Waals surface area contributed by atoms with E-state index in [1.807, 2.05) is 0 Å². The molecular formula is C23H34N2O2. The molecule has 27 heavy (non-hydrogen) atoms. The van der Waals surface area contributed by atoms with E-state index in [2.05, 4.69) is 79.4 Å². The summed E-state index contributed by atoms with van der Waals surface area (Å²) in [5, 5.41) is 10.3. The van der Waals surface area contributed by atoms with Crippen LogP contribution in [0.4, 0.5) is 0 Å². The van der Waals surface area contributed by atoms with Crippen LogP contribution in [0.1, 0.15) is 30.7 Å². The molecule has 1 heterocycles. The highest BCUT2D eigenvalue weighted by molar-refractivity contribution is 5.26. The standard InChI is InChI=1S/C23H34N2O2/c1-5-13-27-18-23(26)17-24(14-19(2)3)16-22-11-8-12-25(22)15-21-10-7-6-9-20(21)4/h5-12,19,23,26H,1,13-18H2,2-4H3. The maximum atomic E-state index is 10.3. The summed E-state index contributed by atoms with van der Waals surface area (Å²) < 4.78 is 7.70. The lowest BCUT2D eigenvalue weighted by Crippen LogP contribution is -2.37. The van der Waals surface area contributed by atoms with Gasteiger partial charge in [-0.1, -0.05) is 44.2 Å². The molecule has 0 bridgehead atoms. The molecule has 2 rings (SSSR count). The number of aliphatic hydroxyl groups excluding tert-OH is 1. The van der Waals surface area contributed by atoms with Crippen LogP contribution in [0.25, 0.3) is 0 Å². The van der Waals surface area contributed by atoms with E-state index in [4.69, 9.17) is 4.74 Å². The average molecular weight is 371 g/mol. The largest absolute Gasteiger partial charge is 0.389 e. The molecule has 0 aliphatic carbocycles. The molecule has 0 saturated heterocycles. The molecule has 0 spiro atoms. The molecule has 4 nitrogen and oxygen atoms in total. The van der Waals surface area contributed by atoms with E-state index in [-0.39, 0.29) is 0 Å². The fourth-order valence-electron chi connectivity index (χ4n) is 3.31. The van der Waals surface area contributed by atoms with Crippen molar-refractivity contribution in [3.8, 4) is 0 Å². The number of hydrogen-bond donors (Lipinski definition) is 1. The SMILES string of the molecule is C=CCOCC(O)CN(Cc1cccn1Cc1ccccc1C)CC(C)C. The fourth-order valence-corrected chi connectivity index (χ4v) is 3.31. The molecule has 0 radical (unpaired) electrons. The number of aromatic nitrogens is 1. The number of aryl methyl sites for hydroxylation is 1. The topological polar surface area (TPSA) is 37.6 Å². The van der Waals surface area contributed by atoms with Crippen molar-refractivity contribution in [1.29, 1.82) is 0 Å². The van der Waals surface area contributed by atoms with Crippen molar-refractivity contribution in [3.63, 3.8) is 0 Å². The van der Waals surface area contributed by atoms with Gasteiger partial charge in [0, 0.05) is 38.1 Å².